The number of carbonyl (C=O) groups excluding carboxylic acids is 1. The molecule has 0 radical (unpaired) electrons. The van der Waals surface area contributed by atoms with Gasteiger partial charge >= 0.3 is 0 Å². The standard InChI is InChI=1S/C24H28N4O3S/c1-16-25-22-21(28(16)19-12-13-32(30,31)15-19)14-20(17-8-4-2-5-9-17)27-23(22)24(29)26-18-10-6-3-7-11-18/h2,4-5,8-9,14,18-19H,3,6-7,10-13,15H2,1H3,(H,26,29). The van der Waals surface area contributed by atoms with Gasteiger partial charge in [-0.25, -0.2) is 18.4 Å². The van der Waals surface area contributed by atoms with Gasteiger partial charge in [-0.05, 0) is 32.3 Å². The first-order valence-corrected chi connectivity index (χ1v) is 13.2. The van der Waals surface area contributed by atoms with E-state index in [0.717, 1.165) is 36.8 Å². The van der Waals surface area contributed by atoms with Crippen LogP contribution in [-0.2, 0) is 9.84 Å². The second kappa shape index (κ2) is 8.31. The third-order valence-electron chi connectivity index (χ3n) is 6.65. The van der Waals surface area contributed by atoms with Crippen molar-refractivity contribution in [2.24, 2.45) is 0 Å². The lowest BCUT2D eigenvalue weighted by Crippen LogP contribution is -2.36. The zero-order valence-electron chi connectivity index (χ0n) is 18.3. The lowest BCUT2D eigenvalue weighted by atomic mass is 9.95. The first-order chi connectivity index (χ1) is 15.4. The summed E-state index contributed by atoms with van der Waals surface area (Å²) in [5.74, 6) is 0.790. The predicted molar refractivity (Wildman–Crippen MR) is 124 cm³/mol. The highest BCUT2D eigenvalue weighted by atomic mass is 32.2. The molecule has 2 aliphatic rings. The van der Waals surface area contributed by atoms with Gasteiger partial charge < -0.3 is 9.88 Å². The second-order valence-electron chi connectivity index (χ2n) is 8.98. The van der Waals surface area contributed by atoms with E-state index in [9.17, 15) is 13.2 Å². The second-order valence-corrected chi connectivity index (χ2v) is 11.2. The van der Waals surface area contributed by atoms with Crippen LogP contribution in [0.3, 0.4) is 0 Å². The van der Waals surface area contributed by atoms with Crippen LogP contribution in [0.4, 0.5) is 0 Å². The molecule has 1 N–H and O–H groups in total. The Bertz CT molecular complexity index is 1260. The van der Waals surface area contributed by atoms with E-state index in [2.05, 4.69) is 5.32 Å². The minimum atomic E-state index is -3.06. The molecule has 168 valence electrons. The number of amides is 1. The molecule has 2 aromatic heterocycles. The van der Waals surface area contributed by atoms with Gasteiger partial charge in [-0.2, -0.15) is 0 Å². The quantitative estimate of drug-likeness (QED) is 0.649. The molecule has 1 aromatic carbocycles. The van der Waals surface area contributed by atoms with Crippen LogP contribution in [-0.4, -0.2) is 46.4 Å². The summed E-state index contributed by atoms with van der Waals surface area (Å²) >= 11 is 0. The maximum absolute atomic E-state index is 13.3. The van der Waals surface area contributed by atoms with Gasteiger partial charge in [0.25, 0.3) is 5.91 Å². The number of fused-ring (bicyclic) bond motifs is 1. The van der Waals surface area contributed by atoms with Crippen molar-refractivity contribution in [3.05, 3.63) is 47.9 Å². The first-order valence-electron chi connectivity index (χ1n) is 11.4. The average molecular weight is 453 g/mol. The number of nitrogens with zero attached hydrogens (tertiary/aromatic N) is 3. The third kappa shape index (κ3) is 4.03. The van der Waals surface area contributed by atoms with E-state index in [1.807, 2.05) is 47.9 Å². The molecule has 0 bridgehead atoms. The molecule has 7 nitrogen and oxygen atoms in total. The topological polar surface area (TPSA) is 93.9 Å². The molecular formula is C24H28N4O3S. The minimum absolute atomic E-state index is 0.103. The van der Waals surface area contributed by atoms with Crippen LogP contribution in [0.1, 0.15) is 60.9 Å². The van der Waals surface area contributed by atoms with Gasteiger partial charge in [0, 0.05) is 11.6 Å². The number of nitrogens with one attached hydrogen (secondary N) is 1. The fourth-order valence-corrected chi connectivity index (χ4v) is 6.76. The molecule has 1 unspecified atom stereocenters. The summed E-state index contributed by atoms with van der Waals surface area (Å²) in [5, 5.41) is 3.17. The van der Waals surface area contributed by atoms with Crippen LogP contribution in [0.2, 0.25) is 0 Å². The molecule has 3 aromatic rings. The molecule has 2 fully saturated rings. The van der Waals surface area contributed by atoms with E-state index in [0.29, 0.717) is 29.1 Å². The van der Waals surface area contributed by atoms with Crippen molar-refractivity contribution in [3.8, 4) is 11.3 Å². The molecule has 32 heavy (non-hydrogen) atoms. The molecule has 3 heterocycles. The fraction of sp³-hybridized carbons (Fsp3) is 0.458. The summed E-state index contributed by atoms with van der Waals surface area (Å²) in [7, 11) is -3.06. The van der Waals surface area contributed by atoms with Crippen LogP contribution < -0.4 is 5.32 Å². The van der Waals surface area contributed by atoms with Gasteiger partial charge in [0.1, 0.15) is 11.3 Å². The van der Waals surface area contributed by atoms with E-state index in [4.69, 9.17) is 9.97 Å². The zero-order valence-corrected chi connectivity index (χ0v) is 19.1. The molecule has 1 saturated heterocycles. The van der Waals surface area contributed by atoms with Gasteiger partial charge in [-0.1, -0.05) is 49.6 Å². The van der Waals surface area contributed by atoms with Gasteiger partial charge in [-0.15, -0.1) is 0 Å². The number of carbonyl (C=O) groups is 1. The Morgan fingerprint density at radius 1 is 1.06 bits per heavy atom. The summed E-state index contributed by atoms with van der Waals surface area (Å²) < 4.78 is 26.3. The highest BCUT2D eigenvalue weighted by Gasteiger charge is 2.32. The number of rotatable bonds is 4. The van der Waals surface area contributed by atoms with E-state index in [1.54, 1.807) is 0 Å². The number of aryl methyl sites for hydroxylation is 1. The molecule has 5 rings (SSSR count). The lowest BCUT2D eigenvalue weighted by molar-refractivity contribution is 0.0924. The Morgan fingerprint density at radius 3 is 2.50 bits per heavy atom. The molecule has 1 amide bonds. The number of pyridine rings is 1. The lowest BCUT2D eigenvalue weighted by Gasteiger charge is -2.22. The normalized spacial score (nSPS) is 21.1. The number of imidazole rings is 1. The molecule has 1 aliphatic carbocycles. The monoisotopic (exact) mass is 452 g/mol. The minimum Gasteiger partial charge on any atom is -0.348 e. The molecule has 1 saturated carbocycles. The molecule has 8 heteroatoms. The van der Waals surface area contributed by atoms with Gasteiger partial charge in [0.05, 0.1) is 28.8 Å². The highest BCUT2D eigenvalue weighted by Crippen LogP contribution is 2.32. The SMILES string of the molecule is Cc1nc2c(C(=O)NC3CCCCC3)nc(-c3ccccc3)cc2n1C1CCS(=O)(=O)C1. The summed E-state index contributed by atoms with van der Waals surface area (Å²) in [4.78, 5) is 22.8. The predicted octanol–water partition coefficient (Wildman–Crippen LogP) is 3.83. The van der Waals surface area contributed by atoms with Crippen LogP contribution in [0.15, 0.2) is 36.4 Å². The molecule has 0 spiro atoms. The van der Waals surface area contributed by atoms with Crippen LogP contribution in [0, 0.1) is 6.92 Å². The van der Waals surface area contributed by atoms with Crippen molar-refractivity contribution in [3.63, 3.8) is 0 Å². The summed E-state index contributed by atoms with van der Waals surface area (Å²) in [5.41, 5.74) is 3.22. The smallest absolute Gasteiger partial charge is 0.272 e. The fourth-order valence-electron chi connectivity index (χ4n) is 5.06. The van der Waals surface area contributed by atoms with Gasteiger partial charge in [0.2, 0.25) is 0 Å². The number of hydrogen-bond acceptors (Lipinski definition) is 5. The Labute approximate surface area is 188 Å². The van der Waals surface area contributed by atoms with E-state index in [1.165, 1.54) is 6.42 Å². The van der Waals surface area contributed by atoms with Crippen molar-refractivity contribution < 1.29 is 13.2 Å². The number of aromatic nitrogens is 3. The van der Waals surface area contributed by atoms with Crippen molar-refractivity contribution in [2.45, 2.75) is 57.5 Å². The van der Waals surface area contributed by atoms with Crippen molar-refractivity contribution >= 4 is 26.8 Å². The third-order valence-corrected chi connectivity index (χ3v) is 8.40. The van der Waals surface area contributed by atoms with Gasteiger partial charge in [0.15, 0.2) is 15.5 Å². The number of sulfone groups is 1. The van der Waals surface area contributed by atoms with Crippen LogP contribution in [0.25, 0.3) is 22.3 Å². The van der Waals surface area contributed by atoms with Crippen molar-refractivity contribution in [2.75, 3.05) is 11.5 Å². The Morgan fingerprint density at radius 2 is 1.81 bits per heavy atom. The Kier molecular flexibility index (Phi) is 5.49. The van der Waals surface area contributed by atoms with Gasteiger partial charge in [-0.3, -0.25) is 4.79 Å². The number of benzene rings is 1. The zero-order chi connectivity index (χ0) is 22.3. The van der Waals surface area contributed by atoms with E-state index in [-0.39, 0.29) is 29.5 Å². The molecule has 1 atom stereocenters. The van der Waals surface area contributed by atoms with Crippen molar-refractivity contribution in [1.29, 1.82) is 0 Å². The average Bonchev–Trinajstić information content (AvgIpc) is 3.31. The molecule has 1 aliphatic heterocycles. The maximum Gasteiger partial charge on any atom is 0.272 e. The Balaban J connectivity index is 1.63. The highest BCUT2D eigenvalue weighted by molar-refractivity contribution is 7.91. The maximum atomic E-state index is 13.3. The molecular weight excluding hydrogens is 424 g/mol. The van der Waals surface area contributed by atoms with E-state index < -0.39 is 9.84 Å². The van der Waals surface area contributed by atoms with E-state index >= 15 is 0 Å². The number of hydrogen-bond donors (Lipinski definition) is 1. The largest absolute Gasteiger partial charge is 0.348 e. The van der Waals surface area contributed by atoms with Crippen LogP contribution in [0.5, 0.6) is 0 Å². The van der Waals surface area contributed by atoms with Crippen molar-refractivity contribution in [1.82, 2.24) is 19.9 Å². The van der Waals surface area contributed by atoms with Crippen LogP contribution >= 0.6 is 0 Å². The summed E-state index contributed by atoms with van der Waals surface area (Å²) in [6, 6.07) is 11.7. The summed E-state index contributed by atoms with van der Waals surface area (Å²) in [6.45, 7) is 1.87. The summed E-state index contributed by atoms with van der Waals surface area (Å²) in [6.07, 6.45) is 6.00. The first kappa shape index (κ1) is 21.1. The Hall–Kier alpha value is -2.74.